The molecule has 0 amide bonds. The average Bonchev–Trinajstić information content (AvgIpc) is 2.82. The summed E-state index contributed by atoms with van der Waals surface area (Å²) in [6, 6.07) is 9.14. The molecule has 0 radical (unpaired) electrons. The van der Waals surface area contributed by atoms with E-state index in [2.05, 4.69) is 39.7 Å². The summed E-state index contributed by atoms with van der Waals surface area (Å²) in [5.74, 6) is 0. The van der Waals surface area contributed by atoms with Gasteiger partial charge in [-0.25, -0.2) is 0 Å². The van der Waals surface area contributed by atoms with Crippen LogP contribution in [-0.4, -0.2) is 22.9 Å². The number of nitrogens with zero attached hydrogens (tertiary/aromatic N) is 2. The second kappa shape index (κ2) is 6.23. The van der Waals surface area contributed by atoms with Crippen LogP contribution in [0.3, 0.4) is 0 Å². The second-order valence-corrected chi connectivity index (χ2v) is 5.11. The highest BCUT2D eigenvalue weighted by Gasteiger charge is 2.20. The van der Waals surface area contributed by atoms with Crippen LogP contribution < -0.4 is 4.90 Å². The number of hydrogen-bond acceptors (Lipinski definition) is 3. The maximum absolute atomic E-state index is 5.86. The molecule has 0 aliphatic heterocycles. The first-order valence-electron chi connectivity index (χ1n) is 6.48. The van der Waals surface area contributed by atoms with Crippen molar-refractivity contribution in [2.75, 3.05) is 16.8 Å². The van der Waals surface area contributed by atoms with Gasteiger partial charge >= 0.3 is 0 Å². The van der Waals surface area contributed by atoms with Crippen LogP contribution in [0.25, 0.3) is 11.1 Å². The van der Waals surface area contributed by atoms with Gasteiger partial charge in [-0.15, -0.1) is 0 Å². The van der Waals surface area contributed by atoms with Gasteiger partial charge in [0.1, 0.15) is 5.52 Å². The third kappa shape index (κ3) is 2.69. The van der Waals surface area contributed by atoms with Gasteiger partial charge < -0.3 is 9.32 Å². The Morgan fingerprint density at radius 1 is 1.28 bits per heavy atom. The number of aromatic nitrogens is 1. The lowest BCUT2D eigenvalue weighted by Crippen LogP contribution is -2.36. The Balaban J connectivity index is 2.34. The molecule has 0 aliphatic rings. The summed E-state index contributed by atoms with van der Waals surface area (Å²) in [7, 11) is 0. The number of alkyl halides is 1. The van der Waals surface area contributed by atoms with E-state index in [9.17, 15) is 0 Å². The minimum atomic E-state index is 0.482. The van der Waals surface area contributed by atoms with Crippen LogP contribution in [0.5, 0.6) is 0 Å². The Bertz CT molecular complexity index is 460. The number of rotatable bonds is 6. The SMILES string of the molecule is CCC(CC)N(CCBr)c1nc2ccccc2o1. The van der Waals surface area contributed by atoms with Gasteiger partial charge in [0.25, 0.3) is 6.01 Å². The Kier molecular flexibility index (Phi) is 4.64. The molecule has 0 spiro atoms. The number of fused-ring (bicyclic) bond motifs is 1. The lowest BCUT2D eigenvalue weighted by atomic mass is 10.1. The predicted octanol–water partition coefficient (Wildman–Crippen LogP) is 4.22. The zero-order valence-corrected chi connectivity index (χ0v) is 12.5. The highest BCUT2D eigenvalue weighted by molar-refractivity contribution is 9.09. The number of para-hydroxylation sites is 2. The molecule has 18 heavy (non-hydrogen) atoms. The maximum atomic E-state index is 5.86. The fraction of sp³-hybridized carbons (Fsp3) is 0.500. The lowest BCUT2D eigenvalue weighted by Gasteiger charge is -2.28. The zero-order chi connectivity index (χ0) is 13.0. The molecule has 0 saturated carbocycles. The largest absolute Gasteiger partial charge is 0.423 e. The number of oxazole rings is 1. The van der Waals surface area contributed by atoms with Crippen molar-refractivity contribution in [3.05, 3.63) is 24.3 Å². The quantitative estimate of drug-likeness (QED) is 0.748. The molecule has 3 nitrogen and oxygen atoms in total. The Morgan fingerprint density at radius 2 is 2.00 bits per heavy atom. The molecule has 0 unspecified atom stereocenters. The molecule has 98 valence electrons. The monoisotopic (exact) mass is 310 g/mol. The van der Waals surface area contributed by atoms with E-state index in [4.69, 9.17) is 4.42 Å². The highest BCUT2D eigenvalue weighted by Crippen LogP contribution is 2.24. The van der Waals surface area contributed by atoms with Crippen LogP contribution in [0.1, 0.15) is 26.7 Å². The standard InChI is InChI=1S/C14H19BrN2O/c1-3-11(4-2)17(10-9-15)14-16-12-7-5-6-8-13(12)18-14/h5-8,11H,3-4,9-10H2,1-2H3. The van der Waals surface area contributed by atoms with Gasteiger partial charge in [-0.3, -0.25) is 0 Å². The van der Waals surface area contributed by atoms with Gasteiger partial charge in [-0.1, -0.05) is 41.9 Å². The van der Waals surface area contributed by atoms with Crippen LogP contribution in [-0.2, 0) is 0 Å². The van der Waals surface area contributed by atoms with Gasteiger partial charge in [-0.05, 0) is 25.0 Å². The van der Waals surface area contributed by atoms with Crippen molar-refractivity contribution >= 4 is 33.0 Å². The molecular weight excluding hydrogens is 292 g/mol. The van der Waals surface area contributed by atoms with Gasteiger partial charge in [-0.2, -0.15) is 4.98 Å². The first-order valence-corrected chi connectivity index (χ1v) is 7.60. The Hall–Kier alpha value is -1.03. The molecule has 1 heterocycles. The van der Waals surface area contributed by atoms with Crippen LogP contribution in [0.4, 0.5) is 6.01 Å². The number of halogens is 1. The second-order valence-electron chi connectivity index (χ2n) is 4.32. The third-order valence-electron chi connectivity index (χ3n) is 3.24. The number of benzene rings is 1. The Labute approximate surface area is 116 Å². The summed E-state index contributed by atoms with van der Waals surface area (Å²) in [4.78, 5) is 6.85. The summed E-state index contributed by atoms with van der Waals surface area (Å²) < 4.78 is 5.86. The fourth-order valence-corrected chi connectivity index (χ4v) is 2.62. The molecule has 0 saturated heterocycles. The van der Waals surface area contributed by atoms with Crippen LogP contribution in [0, 0.1) is 0 Å². The van der Waals surface area contributed by atoms with E-state index in [1.54, 1.807) is 0 Å². The highest BCUT2D eigenvalue weighted by atomic mass is 79.9. The molecule has 0 atom stereocenters. The first kappa shape index (κ1) is 13.4. The van der Waals surface area contributed by atoms with E-state index in [1.165, 1.54) is 0 Å². The van der Waals surface area contributed by atoms with Gasteiger partial charge in [0.15, 0.2) is 5.58 Å². The lowest BCUT2D eigenvalue weighted by molar-refractivity contribution is 0.497. The van der Waals surface area contributed by atoms with E-state index < -0.39 is 0 Å². The zero-order valence-electron chi connectivity index (χ0n) is 10.9. The molecule has 1 aromatic heterocycles. The van der Waals surface area contributed by atoms with Gasteiger partial charge in [0, 0.05) is 17.9 Å². The minimum absolute atomic E-state index is 0.482. The summed E-state index contributed by atoms with van der Waals surface area (Å²) in [5.41, 5.74) is 1.79. The molecule has 0 N–H and O–H groups in total. The molecule has 2 aromatic rings. The van der Waals surface area contributed by atoms with E-state index >= 15 is 0 Å². The first-order chi connectivity index (χ1) is 8.80. The summed E-state index contributed by atoms with van der Waals surface area (Å²) >= 11 is 3.51. The Morgan fingerprint density at radius 3 is 2.61 bits per heavy atom. The molecule has 0 aliphatic carbocycles. The normalized spacial score (nSPS) is 11.3. The maximum Gasteiger partial charge on any atom is 0.298 e. The molecular formula is C14H19BrN2O. The molecule has 0 fully saturated rings. The van der Waals surface area contributed by atoms with Crippen molar-refractivity contribution in [2.45, 2.75) is 32.7 Å². The number of hydrogen-bond donors (Lipinski definition) is 0. The average molecular weight is 311 g/mol. The topological polar surface area (TPSA) is 29.3 Å². The summed E-state index contributed by atoms with van der Waals surface area (Å²) in [6.07, 6.45) is 2.20. The van der Waals surface area contributed by atoms with E-state index in [-0.39, 0.29) is 0 Å². The van der Waals surface area contributed by atoms with Crippen molar-refractivity contribution in [1.82, 2.24) is 4.98 Å². The molecule has 4 heteroatoms. The smallest absolute Gasteiger partial charge is 0.298 e. The van der Waals surface area contributed by atoms with Crippen molar-refractivity contribution in [3.8, 4) is 0 Å². The van der Waals surface area contributed by atoms with Crippen molar-refractivity contribution < 1.29 is 4.42 Å². The van der Waals surface area contributed by atoms with Crippen molar-refractivity contribution in [2.24, 2.45) is 0 Å². The molecule has 2 rings (SSSR count). The van der Waals surface area contributed by atoms with Crippen LogP contribution >= 0.6 is 15.9 Å². The van der Waals surface area contributed by atoms with E-state index in [0.717, 1.165) is 41.8 Å². The van der Waals surface area contributed by atoms with E-state index in [0.29, 0.717) is 6.04 Å². The summed E-state index contributed by atoms with van der Waals surface area (Å²) in [5, 5.41) is 0.919. The van der Waals surface area contributed by atoms with E-state index in [1.807, 2.05) is 24.3 Å². The van der Waals surface area contributed by atoms with Gasteiger partial charge in [0.2, 0.25) is 0 Å². The predicted molar refractivity (Wildman–Crippen MR) is 79.5 cm³/mol. The minimum Gasteiger partial charge on any atom is -0.423 e. The van der Waals surface area contributed by atoms with Crippen molar-refractivity contribution in [1.29, 1.82) is 0 Å². The fourth-order valence-electron chi connectivity index (χ4n) is 2.24. The summed E-state index contributed by atoms with van der Waals surface area (Å²) in [6.45, 7) is 5.33. The van der Waals surface area contributed by atoms with Gasteiger partial charge in [0.05, 0.1) is 0 Å². The molecule has 0 bridgehead atoms. The third-order valence-corrected chi connectivity index (χ3v) is 3.59. The van der Waals surface area contributed by atoms with Crippen LogP contribution in [0.15, 0.2) is 28.7 Å². The number of anilines is 1. The molecule has 1 aromatic carbocycles. The van der Waals surface area contributed by atoms with Crippen LogP contribution in [0.2, 0.25) is 0 Å². The van der Waals surface area contributed by atoms with Crippen molar-refractivity contribution in [3.63, 3.8) is 0 Å².